The lowest BCUT2D eigenvalue weighted by Crippen LogP contribution is -2.30. The van der Waals surface area contributed by atoms with Gasteiger partial charge in [0.15, 0.2) is 5.11 Å². The van der Waals surface area contributed by atoms with Crippen LogP contribution in [-0.4, -0.2) is 32.0 Å². The van der Waals surface area contributed by atoms with Crippen molar-refractivity contribution < 1.29 is 4.79 Å². The number of likely N-dealkylation sites (N-methyl/N-ethyl adjacent to an activating group) is 1. The molecule has 2 aromatic rings. The Labute approximate surface area is 133 Å². The molecule has 1 fully saturated rings. The van der Waals surface area contributed by atoms with Crippen LogP contribution in [0.1, 0.15) is 12.5 Å². The van der Waals surface area contributed by atoms with Gasteiger partial charge in [0.25, 0.3) is 5.91 Å². The molecule has 0 aliphatic carbocycles. The zero-order valence-electron chi connectivity index (χ0n) is 12.0. The fraction of sp³-hybridized carbons (Fsp3) is 0.188. The molecule has 0 spiro atoms. The fourth-order valence-electron chi connectivity index (χ4n) is 2.50. The maximum absolute atomic E-state index is 12.3. The van der Waals surface area contributed by atoms with E-state index in [9.17, 15) is 4.79 Å². The zero-order valence-corrected chi connectivity index (χ0v) is 12.9. The minimum atomic E-state index is -0.124. The molecule has 0 bridgehead atoms. The number of carbonyl (C=O) groups is 1. The van der Waals surface area contributed by atoms with Gasteiger partial charge in [0.05, 0.1) is 17.6 Å². The quantitative estimate of drug-likeness (QED) is 0.533. The summed E-state index contributed by atoms with van der Waals surface area (Å²) in [7, 11) is 0. The second-order valence-corrected chi connectivity index (χ2v) is 5.21. The SMILES string of the molecule is C#CCn1cc(C=C2NC(=S)N(CC)C2=O)c2ncccc21. The highest BCUT2D eigenvalue weighted by atomic mass is 32.1. The van der Waals surface area contributed by atoms with E-state index in [1.54, 1.807) is 12.3 Å². The molecule has 22 heavy (non-hydrogen) atoms. The molecular weight excluding hydrogens is 296 g/mol. The van der Waals surface area contributed by atoms with Gasteiger partial charge in [-0.3, -0.25) is 14.7 Å². The van der Waals surface area contributed by atoms with Crippen molar-refractivity contribution in [2.45, 2.75) is 13.5 Å². The van der Waals surface area contributed by atoms with E-state index in [4.69, 9.17) is 18.6 Å². The molecule has 5 nitrogen and oxygen atoms in total. The second kappa shape index (κ2) is 5.62. The first kappa shape index (κ1) is 14.3. The number of amides is 1. The third-order valence-corrected chi connectivity index (χ3v) is 3.83. The van der Waals surface area contributed by atoms with Gasteiger partial charge < -0.3 is 9.88 Å². The number of rotatable bonds is 3. The molecule has 0 saturated carbocycles. The maximum Gasteiger partial charge on any atom is 0.276 e. The molecule has 1 saturated heterocycles. The minimum absolute atomic E-state index is 0.124. The van der Waals surface area contributed by atoms with Crippen molar-refractivity contribution in [1.29, 1.82) is 0 Å². The molecule has 1 aliphatic heterocycles. The third-order valence-electron chi connectivity index (χ3n) is 3.50. The normalized spacial score (nSPS) is 16.4. The standard InChI is InChI=1S/C16H14N4OS/c1-3-8-19-10-11(14-13(19)6-5-7-17-14)9-12-15(21)20(4-2)16(22)18-12/h1,5-7,9-10H,4,8H2,2H3,(H,18,22). The van der Waals surface area contributed by atoms with E-state index in [2.05, 4.69) is 16.2 Å². The molecule has 1 aliphatic rings. The van der Waals surface area contributed by atoms with Crippen LogP contribution in [0.15, 0.2) is 30.2 Å². The van der Waals surface area contributed by atoms with Crippen LogP contribution in [0, 0.1) is 12.3 Å². The summed E-state index contributed by atoms with van der Waals surface area (Å²) in [6, 6.07) is 3.81. The van der Waals surface area contributed by atoms with Crippen LogP contribution in [-0.2, 0) is 11.3 Å². The summed E-state index contributed by atoms with van der Waals surface area (Å²) < 4.78 is 1.93. The minimum Gasteiger partial charge on any atom is -0.334 e. The van der Waals surface area contributed by atoms with Crippen molar-refractivity contribution in [2.24, 2.45) is 0 Å². The lowest BCUT2D eigenvalue weighted by atomic mass is 10.2. The number of thiocarbonyl (C=S) groups is 1. The Morgan fingerprint density at radius 1 is 1.55 bits per heavy atom. The molecule has 0 unspecified atom stereocenters. The summed E-state index contributed by atoms with van der Waals surface area (Å²) in [5.74, 6) is 2.49. The zero-order chi connectivity index (χ0) is 15.7. The van der Waals surface area contributed by atoms with Gasteiger partial charge in [-0.1, -0.05) is 5.92 Å². The first-order valence-electron chi connectivity index (χ1n) is 6.87. The molecule has 2 aromatic heterocycles. The number of carbonyl (C=O) groups excluding carboxylic acids is 1. The van der Waals surface area contributed by atoms with Gasteiger partial charge in [-0.2, -0.15) is 0 Å². The highest BCUT2D eigenvalue weighted by Crippen LogP contribution is 2.22. The van der Waals surface area contributed by atoms with E-state index >= 15 is 0 Å². The average molecular weight is 310 g/mol. The predicted octanol–water partition coefficient (Wildman–Crippen LogP) is 1.75. The second-order valence-electron chi connectivity index (χ2n) is 4.83. The number of pyridine rings is 1. The van der Waals surface area contributed by atoms with Crippen LogP contribution in [0.25, 0.3) is 17.1 Å². The molecule has 1 N–H and O–H groups in total. The monoisotopic (exact) mass is 310 g/mol. The van der Waals surface area contributed by atoms with Crippen molar-refractivity contribution in [1.82, 2.24) is 19.8 Å². The van der Waals surface area contributed by atoms with Crippen molar-refractivity contribution in [3.05, 3.63) is 35.8 Å². The molecule has 6 heteroatoms. The molecule has 3 heterocycles. The van der Waals surface area contributed by atoms with Crippen LogP contribution < -0.4 is 5.32 Å². The van der Waals surface area contributed by atoms with E-state index in [1.807, 2.05) is 29.8 Å². The van der Waals surface area contributed by atoms with Gasteiger partial charge in [-0.15, -0.1) is 6.42 Å². The van der Waals surface area contributed by atoms with Gasteiger partial charge in [0, 0.05) is 24.5 Å². The Hall–Kier alpha value is -2.65. The van der Waals surface area contributed by atoms with E-state index in [0.717, 1.165) is 16.6 Å². The Morgan fingerprint density at radius 2 is 2.36 bits per heavy atom. The molecule has 0 atom stereocenters. The van der Waals surface area contributed by atoms with Crippen LogP contribution in [0.4, 0.5) is 0 Å². The van der Waals surface area contributed by atoms with E-state index in [1.165, 1.54) is 4.90 Å². The Kier molecular flexibility index (Phi) is 3.65. The van der Waals surface area contributed by atoms with Gasteiger partial charge in [0.1, 0.15) is 5.70 Å². The van der Waals surface area contributed by atoms with Crippen molar-refractivity contribution in [3.63, 3.8) is 0 Å². The summed E-state index contributed by atoms with van der Waals surface area (Å²) in [5, 5.41) is 3.38. The van der Waals surface area contributed by atoms with E-state index < -0.39 is 0 Å². The number of terminal acetylenes is 1. The third kappa shape index (κ3) is 2.26. The highest BCUT2D eigenvalue weighted by molar-refractivity contribution is 7.80. The summed E-state index contributed by atoms with van der Waals surface area (Å²) in [6.07, 6.45) is 10.8. The number of nitrogens with one attached hydrogen (secondary N) is 1. The topological polar surface area (TPSA) is 50.2 Å². The summed E-state index contributed by atoms with van der Waals surface area (Å²) in [6.45, 7) is 2.88. The number of hydrogen-bond donors (Lipinski definition) is 1. The fourth-order valence-corrected chi connectivity index (χ4v) is 2.82. The average Bonchev–Trinajstić information content (AvgIpc) is 2.99. The van der Waals surface area contributed by atoms with Gasteiger partial charge in [0.2, 0.25) is 0 Å². The Morgan fingerprint density at radius 3 is 3.05 bits per heavy atom. The molecule has 110 valence electrons. The van der Waals surface area contributed by atoms with Crippen molar-refractivity contribution in [3.8, 4) is 12.3 Å². The first-order valence-corrected chi connectivity index (χ1v) is 7.28. The summed E-state index contributed by atoms with van der Waals surface area (Å²) >= 11 is 5.16. The smallest absolute Gasteiger partial charge is 0.276 e. The van der Waals surface area contributed by atoms with Gasteiger partial charge >= 0.3 is 0 Å². The van der Waals surface area contributed by atoms with Crippen LogP contribution >= 0.6 is 12.2 Å². The van der Waals surface area contributed by atoms with E-state index in [-0.39, 0.29) is 5.91 Å². The van der Waals surface area contributed by atoms with Crippen LogP contribution in [0.3, 0.4) is 0 Å². The van der Waals surface area contributed by atoms with Gasteiger partial charge in [-0.05, 0) is 37.4 Å². The largest absolute Gasteiger partial charge is 0.334 e. The van der Waals surface area contributed by atoms with Crippen LogP contribution in [0.5, 0.6) is 0 Å². The number of fused-ring (bicyclic) bond motifs is 1. The molecule has 3 rings (SSSR count). The summed E-state index contributed by atoms with van der Waals surface area (Å²) in [4.78, 5) is 18.2. The van der Waals surface area contributed by atoms with E-state index in [0.29, 0.717) is 23.9 Å². The van der Waals surface area contributed by atoms with Crippen LogP contribution in [0.2, 0.25) is 0 Å². The molecule has 1 amide bonds. The molecule has 0 aromatic carbocycles. The number of hydrogen-bond acceptors (Lipinski definition) is 3. The molecular formula is C16H14N4OS. The first-order chi connectivity index (χ1) is 10.7. The molecule has 0 radical (unpaired) electrons. The number of nitrogens with zero attached hydrogens (tertiary/aromatic N) is 3. The van der Waals surface area contributed by atoms with Gasteiger partial charge in [-0.25, -0.2) is 0 Å². The maximum atomic E-state index is 12.3. The summed E-state index contributed by atoms with van der Waals surface area (Å²) in [5.41, 5.74) is 3.04. The van der Waals surface area contributed by atoms with Crippen molar-refractivity contribution >= 4 is 40.3 Å². The number of aromatic nitrogens is 2. The highest BCUT2D eigenvalue weighted by Gasteiger charge is 2.29. The lowest BCUT2D eigenvalue weighted by Gasteiger charge is -2.08. The predicted molar refractivity (Wildman–Crippen MR) is 89.7 cm³/mol. The van der Waals surface area contributed by atoms with Crippen molar-refractivity contribution in [2.75, 3.05) is 6.54 Å². The lowest BCUT2D eigenvalue weighted by molar-refractivity contribution is -0.122. The Bertz CT molecular complexity index is 843. The Balaban J connectivity index is 2.08.